The molecular weight excluding hydrogens is 420 g/mol. The number of amides is 1. The number of piperazine rings is 1. The van der Waals surface area contributed by atoms with E-state index in [0.29, 0.717) is 16.7 Å². The van der Waals surface area contributed by atoms with Gasteiger partial charge in [-0.3, -0.25) is 15.0 Å². The van der Waals surface area contributed by atoms with Gasteiger partial charge in [0.25, 0.3) is 5.91 Å². The minimum absolute atomic E-state index is 0.154. The molecule has 7 heteroatoms. The lowest BCUT2D eigenvalue weighted by atomic mass is 10.1. The molecule has 1 N–H and O–H groups in total. The van der Waals surface area contributed by atoms with Gasteiger partial charge in [-0.1, -0.05) is 11.6 Å². The maximum atomic E-state index is 12.8. The first-order valence-corrected chi connectivity index (χ1v) is 11.8. The molecular formula is C25H30N4O2S. The van der Waals surface area contributed by atoms with Crippen LogP contribution in [0.5, 0.6) is 5.75 Å². The third kappa shape index (κ3) is 4.95. The first kappa shape index (κ1) is 22.3. The molecule has 0 saturated carbocycles. The highest BCUT2D eigenvalue weighted by molar-refractivity contribution is 7.14. The minimum atomic E-state index is -0.154. The van der Waals surface area contributed by atoms with Gasteiger partial charge in [0.05, 0.1) is 12.8 Å². The number of aryl methyl sites for hydroxylation is 1. The fourth-order valence-corrected chi connectivity index (χ4v) is 4.67. The Balaban J connectivity index is 1.40. The number of nitrogens with one attached hydrogen (secondary N) is 1. The summed E-state index contributed by atoms with van der Waals surface area (Å²) in [5.74, 6) is 0.613. The summed E-state index contributed by atoms with van der Waals surface area (Å²) < 4.78 is 5.46. The molecule has 32 heavy (non-hydrogen) atoms. The van der Waals surface area contributed by atoms with Crippen molar-refractivity contribution < 1.29 is 9.53 Å². The molecule has 1 aromatic heterocycles. The van der Waals surface area contributed by atoms with Crippen molar-refractivity contribution in [3.63, 3.8) is 0 Å². The molecule has 6 nitrogen and oxygen atoms in total. The van der Waals surface area contributed by atoms with Crippen LogP contribution in [0, 0.1) is 6.92 Å². The fourth-order valence-electron chi connectivity index (χ4n) is 3.97. The third-order valence-corrected chi connectivity index (χ3v) is 6.65. The van der Waals surface area contributed by atoms with E-state index in [-0.39, 0.29) is 5.91 Å². The summed E-state index contributed by atoms with van der Waals surface area (Å²) in [6.07, 6.45) is 0. The Bertz CT molecular complexity index is 1070. The molecule has 1 aliphatic rings. The fraction of sp³-hybridized carbons (Fsp3) is 0.360. The largest absolute Gasteiger partial charge is 0.496 e. The minimum Gasteiger partial charge on any atom is -0.496 e. The van der Waals surface area contributed by atoms with Crippen LogP contribution >= 0.6 is 11.3 Å². The number of nitrogens with zero attached hydrogens (tertiary/aromatic N) is 3. The average Bonchev–Trinajstić information content (AvgIpc) is 3.27. The molecule has 2 heterocycles. The molecule has 3 aromatic rings. The zero-order valence-electron chi connectivity index (χ0n) is 19.1. The molecule has 0 bridgehead atoms. The number of rotatable bonds is 6. The van der Waals surface area contributed by atoms with Gasteiger partial charge in [-0.2, -0.15) is 0 Å². The summed E-state index contributed by atoms with van der Waals surface area (Å²) in [7, 11) is 1.65. The molecule has 168 valence electrons. The highest BCUT2D eigenvalue weighted by Gasteiger charge is 2.19. The molecule has 1 fully saturated rings. The van der Waals surface area contributed by atoms with Crippen molar-refractivity contribution >= 4 is 28.1 Å². The van der Waals surface area contributed by atoms with Crippen molar-refractivity contribution in [3.05, 3.63) is 59.0 Å². The SMILES string of the molecule is COc1ccc(C)cc1-c1csc(NC(=O)c2ccc(N3CCN(C(C)C)CC3)cc2)n1. The number of ether oxygens (including phenoxy) is 1. The molecule has 0 aliphatic carbocycles. The summed E-state index contributed by atoms with van der Waals surface area (Å²) in [5.41, 5.74) is 4.63. The Kier molecular flexibility index (Phi) is 6.77. The van der Waals surface area contributed by atoms with Gasteiger partial charge in [0.15, 0.2) is 5.13 Å². The second-order valence-electron chi connectivity index (χ2n) is 8.36. The van der Waals surface area contributed by atoms with E-state index >= 15 is 0 Å². The van der Waals surface area contributed by atoms with Gasteiger partial charge >= 0.3 is 0 Å². The highest BCUT2D eigenvalue weighted by atomic mass is 32.1. The maximum Gasteiger partial charge on any atom is 0.257 e. The second kappa shape index (κ2) is 9.71. The zero-order chi connectivity index (χ0) is 22.7. The molecule has 0 spiro atoms. The number of anilines is 2. The normalized spacial score (nSPS) is 14.6. The standard InChI is InChI=1S/C25H30N4O2S/c1-17(2)28-11-13-29(14-12-28)20-8-6-19(7-9-20)24(30)27-25-26-22(16-32-25)21-15-18(3)5-10-23(21)31-4/h5-10,15-17H,11-14H2,1-4H3,(H,26,27,30). The van der Waals surface area contributed by atoms with Gasteiger partial charge in [0.2, 0.25) is 0 Å². The van der Waals surface area contributed by atoms with Crippen LogP contribution in [-0.4, -0.2) is 55.1 Å². The Morgan fingerprint density at radius 3 is 2.47 bits per heavy atom. The summed E-state index contributed by atoms with van der Waals surface area (Å²) >= 11 is 1.41. The van der Waals surface area contributed by atoms with E-state index in [9.17, 15) is 4.79 Å². The average molecular weight is 451 g/mol. The molecule has 0 unspecified atom stereocenters. The molecule has 4 rings (SSSR count). The highest BCUT2D eigenvalue weighted by Crippen LogP contribution is 2.33. The topological polar surface area (TPSA) is 57.7 Å². The van der Waals surface area contributed by atoms with Gasteiger partial charge in [-0.25, -0.2) is 4.98 Å². The lowest BCUT2D eigenvalue weighted by Gasteiger charge is -2.38. The number of thiazole rings is 1. The van der Waals surface area contributed by atoms with E-state index in [2.05, 4.69) is 33.9 Å². The van der Waals surface area contributed by atoms with Crippen LogP contribution in [0.1, 0.15) is 29.8 Å². The summed E-state index contributed by atoms with van der Waals surface area (Å²) in [4.78, 5) is 22.2. The van der Waals surface area contributed by atoms with E-state index in [4.69, 9.17) is 4.74 Å². The Labute approximate surface area is 193 Å². The van der Waals surface area contributed by atoms with Gasteiger partial charge < -0.3 is 9.64 Å². The van der Waals surface area contributed by atoms with E-state index < -0.39 is 0 Å². The van der Waals surface area contributed by atoms with E-state index in [1.54, 1.807) is 7.11 Å². The van der Waals surface area contributed by atoms with Crippen molar-refractivity contribution in [2.24, 2.45) is 0 Å². The summed E-state index contributed by atoms with van der Waals surface area (Å²) in [6.45, 7) is 10.7. The number of methoxy groups -OCH3 is 1. The van der Waals surface area contributed by atoms with E-state index in [1.807, 2.05) is 54.8 Å². The summed E-state index contributed by atoms with van der Waals surface area (Å²) in [5, 5.41) is 5.43. The third-order valence-electron chi connectivity index (χ3n) is 5.89. The van der Waals surface area contributed by atoms with Crippen LogP contribution in [0.25, 0.3) is 11.3 Å². The molecule has 2 aromatic carbocycles. The quantitative estimate of drug-likeness (QED) is 0.578. The molecule has 1 saturated heterocycles. The lowest BCUT2D eigenvalue weighted by Crippen LogP contribution is -2.48. The Hall–Kier alpha value is -2.90. The molecule has 0 atom stereocenters. The predicted octanol–water partition coefficient (Wildman–Crippen LogP) is 4.91. The zero-order valence-corrected chi connectivity index (χ0v) is 19.9. The number of carbonyl (C=O) groups is 1. The smallest absolute Gasteiger partial charge is 0.257 e. The second-order valence-corrected chi connectivity index (χ2v) is 9.22. The van der Waals surface area contributed by atoms with Crippen LogP contribution in [-0.2, 0) is 0 Å². The van der Waals surface area contributed by atoms with Crippen molar-refractivity contribution in [3.8, 4) is 17.0 Å². The number of hydrogen-bond donors (Lipinski definition) is 1. The van der Waals surface area contributed by atoms with E-state index in [1.165, 1.54) is 11.3 Å². The molecule has 1 aliphatic heterocycles. The molecule has 1 amide bonds. The van der Waals surface area contributed by atoms with E-state index in [0.717, 1.165) is 54.4 Å². The first-order chi connectivity index (χ1) is 15.4. The van der Waals surface area contributed by atoms with Crippen molar-refractivity contribution in [2.45, 2.75) is 26.8 Å². The van der Waals surface area contributed by atoms with Crippen LogP contribution in [0.3, 0.4) is 0 Å². The predicted molar refractivity (Wildman–Crippen MR) is 132 cm³/mol. The van der Waals surface area contributed by atoms with Crippen molar-refractivity contribution in [2.75, 3.05) is 43.5 Å². The number of benzene rings is 2. The number of carbonyl (C=O) groups excluding carboxylic acids is 1. The first-order valence-electron chi connectivity index (χ1n) is 11.0. The maximum absolute atomic E-state index is 12.8. The van der Waals surface area contributed by atoms with Gasteiger partial charge in [-0.05, 0) is 57.2 Å². The monoisotopic (exact) mass is 450 g/mol. The van der Waals surface area contributed by atoms with Crippen LogP contribution in [0.2, 0.25) is 0 Å². The van der Waals surface area contributed by atoms with Crippen molar-refractivity contribution in [1.82, 2.24) is 9.88 Å². The van der Waals surface area contributed by atoms with Crippen LogP contribution in [0.4, 0.5) is 10.8 Å². The van der Waals surface area contributed by atoms with Gasteiger partial charge in [0.1, 0.15) is 5.75 Å². The van der Waals surface area contributed by atoms with Gasteiger partial charge in [-0.15, -0.1) is 11.3 Å². The number of aromatic nitrogens is 1. The van der Waals surface area contributed by atoms with Gasteiger partial charge in [0, 0.05) is 54.4 Å². The number of hydrogen-bond acceptors (Lipinski definition) is 6. The lowest BCUT2D eigenvalue weighted by molar-refractivity contribution is 0.102. The van der Waals surface area contributed by atoms with Crippen LogP contribution < -0.4 is 15.0 Å². The van der Waals surface area contributed by atoms with Crippen LogP contribution in [0.15, 0.2) is 47.8 Å². The molecule has 0 radical (unpaired) electrons. The Morgan fingerprint density at radius 1 is 1.09 bits per heavy atom. The van der Waals surface area contributed by atoms with Crippen molar-refractivity contribution in [1.29, 1.82) is 0 Å². The summed E-state index contributed by atoms with van der Waals surface area (Å²) in [6, 6.07) is 14.4. The Morgan fingerprint density at radius 2 is 1.81 bits per heavy atom.